The number of ether oxygens (including phenoxy) is 1. The van der Waals surface area contributed by atoms with Crippen LogP contribution in [0.2, 0.25) is 0 Å². The lowest BCUT2D eigenvalue weighted by molar-refractivity contribution is -0.120. The van der Waals surface area contributed by atoms with Gasteiger partial charge < -0.3 is 10.1 Å². The molecule has 2 atom stereocenters. The molecule has 11 heteroatoms. The van der Waals surface area contributed by atoms with Gasteiger partial charge in [0.25, 0.3) is 0 Å². The van der Waals surface area contributed by atoms with Crippen LogP contribution in [0.3, 0.4) is 0 Å². The van der Waals surface area contributed by atoms with Crippen molar-refractivity contribution in [3.8, 4) is 11.1 Å². The van der Waals surface area contributed by atoms with Crippen molar-refractivity contribution in [2.24, 2.45) is 0 Å². The molecule has 2 fully saturated rings. The van der Waals surface area contributed by atoms with Gasteiger partial charge in [-0.2, -0.15) is 0 Å². The predicted molar refractivity (Wildman–Crippen MR) is 152 cm³/mol. The summed E-state index contributed by atoms with van der Waals surface area (Å²) in [6.45, 7) is 6.78. The van der Waals surface area contributed by atoms with Crippen LogP contribution in [0, 0.1) is 0 Å². The van der Waals surface area contributed by atoms with E-state index in [0.717, 1.165) is 47.8 Å². The number of hydrogen-bond acceptors (Lipinski definition) is 8. The van der Waals surface area contributed by atoms with Crippen LogP contribution in [0.25, 0.3) is 22.0 Å². The van der Waals surface area contributed by atoms with E-state index < -0.39 is 17.7 Å². The standard InChI is InChI=1S/C29H35N7O4/c1-29(2,3)40-28(39)36-14-6-8-23(36)26(38)34-27-30-16-20(17-31-27)18-9-11-21-19(15-18)10-12-24(32-21)33-25(37)22-7-5-13-35(22)4/h9-12,15-17,22-23H,5-8,13-14H2,1-4H3,(H,32,33,37)(H,30,31,34,38). The molecule has 2 aliphatic heterocycles. The number of hydrogen-bond donors (Lipinski definition) is 2. The van der Waals surface area contributed by atoms with E-state index in [-0.39, 0.29) is 23.8 Å². The molecular weight excluding hydrogens is 510 g/mol. The lowest BCUT2D eigenvalue weighted by Gasteiger charge is -2.27. The minimum absolute atomic E-state index is 0.0294. The smallest absolute Gasteiger partial charge is 0.410 e. The molecule has 0 aliphatic carbocycles. The molecule has 0 radical (unpaired) electrons. The number of anilines is 2. The van der Waals surface area contributed by atoms with E-state index in [1.807, 2.05) is 31.3 Å². The van der Waals surface area contributed by atoms with Crippen LogP contribution >= 0.6 is 0 Å². The van der Waals surface area contributed by atoms with Gasteiger partial charge in [-0.3, -0.25) is 24.7 Å². The number of benzene rings is 1. The molecule has 2 unspecified atom stereocenters. The Kier molecular flexibility index (Phi) is 7.66. The minimum Gasteiger partial charge on any atom is -0.444 e. The van der Waals surface area contributed by atoms with Gasteiger partial charge in [-0.15, -0.1) is 0 Å². The minimum atomic E-state index is -0.636. The van der Waals surface area contributed by atoms with Crippen LogP contribution in [0.1, 0.15) is 46.5 Å². The number of carbonyl (C=O) groups excluding carboxylic acids is 3. The lowest BCUT2D eigenvalue weighted by atomic mass is 10.1. The topological polar surface area (TPSA) is 130 Å². The van der Waals surface area contributed by atoms with Crippen molar-refractivity contribution in [2.75, 3.05) is 30.8 Å². The number of aromatic nitrogens is 3. The average molecular weight is 546 g/mol. The highest BCUT2D eigenvalue weighted by molar-refractivity contribution is 5.96. The summed E-state index contributed by atoms with van der Waals surface area (Å²) < 4.78 is 5.45. The van der Waals surface area contributed by atoms with Gasteiger partial charge in [0.2, 0.25) is 17.8 Å². The monoisotopic (exact) mass is 545 g/mol. The Balaban J connectivity index is 1.23. The first-order chi connectivity index (χ1) is 19.1. The number of nitrogens with one attached hydrogen (secondary N) is 2. The highest BCUT2D eigenvalue weighted by Gasteiger charge is 2.37. The molecular formula is C29H35N7O4. The Morgan fingerprint density at radius 2 is 1.60 bits per heavy atom. The second-order valence-corrected chi connectivity index (χ2v) is 11.3. The molecule has 40 heavy (non-hydrogen) atoms. The molecule has 0 bridgehead atoms. The van der Waals surface area contributed by atoms with Crippen molar-refractivity contribution < 1.29 is 19.1 Å². The Morgan fingerprint density at radius 1 is 0.900 bits per heavy atom. The van der Waals surface area contributed by atoms with Crippen molar-refractivity contribution >= 4 is 40.6 Å². The van der Waals surface area contributed by atoms with Crippen molar-refractivity contribution in [1.29, 1.82) is 0 Å². The van der Waals surface area contributed by atoms with Gasteiger partial charge in [0.05, 0.1) is 11.6 Å². The van der Waals surface area contributed by atoms with Crippen LogP contribution in [-0.4, -0.2) is 80.5 Å². The predicted octanol–water partition coefficient (Wildman–Crippen LogP) is 4.06. The van der Waals surface area contributed by atoms with E-state index in [1.54, 1.807) is 39.2 Å². The first-order valence-electron chi connectivity index (χ1n) is 13.6. The number of pyridine rings is 1. The molecule has 2 saturated heterocycles. The number of likely N-dealkylation sites (tertiary alicyclic amines) is 2. The SMILES string of the molecule is CN1CCCC1C(=O)Nc1ccc2cc(-c3cnc(NC(=O)C4CCCN4C(=O)OC(C)(C)C)nc3)ccc2n1. The highest BCUT2D eigenvalue weighted by atomic mass is 16.6. The normalized spacial score (nSPS) is 19.6. The third-order valence-corrected chi connectivity index (χ3v) is 7.17. The quantitative estimate of drug-likeness (QED) is 0.491. The number of amides is 3. The number of nitrogens with zero attached hydrogens (tertiary/aromatic N) is 5. The van der Waals surface area contributed by atoms with E-state index in [1.165, 1.54) is 4.90 Å². The fourth-order valence-electron chi connectivity index (χ4n) is 5.14. The molecule has 3 aromatic rings. The van der Waals surface area contributed by atoms with Gasteiger partial charge in [0.1, 0.15) is 17.5 Å². The van der Waals surface area contributed by atoms with E-state index in [4.69, 9.17) is 4.74 Å². The van der Waals surface area contributed by atoms with Gasteiger partial charge in [0.15, 0.2) is 0 Å². The van der Waals surface area contributed by atoms with Crippen molar-refractivity contribution in [2.45, 2.75) is 64.1 Å². The molecule has 3 amide bonds. The molecule has 0 spiro atoms. The largest absolute Gasteiger partial charge is 0.444 e. The van der Waals surface area contributed by atoms with Crippen molar-refractivity contribution in [1.82, 2.24) is 24.8 Å². The Labute approximate surface area is 233 Å². The maximum Gasteiger partial charge on any atom is 0.410 e. The van der Waals surface area contributed by atoms with Gasteiger partial charge in [-0.1, -0.05) is 6.07 Å². The third kappa shape index (κ3) is 6.20. The Bertz CT molecular complexity index is 1420. The fourth-order valence-corrected chi connectivity index (χ4v) is 5.14. The molecule has 210 valence electrons. The second kappa shape index (κ2) is 11.2. The summed E-state index contributed by atoms with van der Waals surface area (Å²) in [5, 5.41) is 6.58. The maximum absolute atomic E-state index is 12.9. The van der Waals surface area contributed by atoms with Gasteiger partial charge in [-0.05, 0) is 89.9 Å². The Hall–Kier alpha value is -4.12. The molecule has 5 rings (SSSR count). The third-order valence-electron chi connectivity index (χ3n) is 7.17. The molecule has 0 saturated carbocycles. The number of likely N-dealkylation sites (N-methyl/N-ethyl adjacent to an activating group) is 1. The Morgan fingerprint density at radius 3 is 2.30 bits per heavy atom. The molecule has 2 aliphatic rings. The molecule has 4 heterocycles. The van der Waals surface area contributed by atoms with Crippen molar-refractivity contribution in [3.63, 3.8) is 0 Å². The average Bonchev–Trinajstić information content (AvgIpc) is 3.57. The number of carbonyl (C=O) groups is 3. The summed E-state index contributed by atoms with van der Waals surface area (Å²) in [4.78, 5) is 54.8. The lowest BCUT2D eigenvalue weighted by Crippen LogP contribution is -2.45. The zero-order valence-electron chi connectivity index (χ0n) is 23.3. The summed E-state index contributed by atoms with van der Waals surface area (Å²) in [5.74, 6) is 0.329. The van der Waals surface area contributed by atoms with E-state index in [0.29, 0.717) is 18.8 Å². The second-order valence-electron chi connectivity index (χ2n) is 11.3. The number of rotatable bonds is 5. The summed E-state index contributed by atoms with van der Waals surface area (Å²) in [7, 11) is 1.96. The maximum atomic E-state index is 12.9. The molecule has 2 N–H and O–H groups in total. The molecule has 1 aromatic carbocycles. The van der Waals surface area contributed by atoms with Gasteiger partial charge in [0, 0.05) is 29.9 Å². The van der Waals surface area contributed by atoms with Crippen molar-refractivity contribution in [3.05, 3.63) is 42.7 Å². The first-order valence-corrected chi connectivity index (χ1v) is 13.6. The van der Waals surface area contributed by atoms with Crippen LogP contribution in [0.5, 0.6) is 0 Å². The van der Waals surface area contributed by atoms with Crippen LogP contribution in [-0.2, 0) is 14.3 Å². The summed E-state index contributed by atoms with van der Waals surface area (Å²) in [6, 6.07) is 8.77. The fraction of sp³-hybridized carbons (Fsp3) is 0.448. The highest BCUT2D eigenvalue weighted by Crippen LogP contribution is 2.26. The zero-order chi connectivity index (χ0) is 28.4. The van der Waals surface area contributed by atoms with Gasteiger partial charge >= 0.3 is 6.09 Å². The zero-order valence-corrected chi connectivity index (χ0v) is 23.3. The summed E-state index contributed by atoms with van der Waals surface area (Å²) in [5.41, 5.74) is 1.79. The van der Waals surface area contributed by atoms with Crippen LogP contribution in [0.4, 0.5) is 16.6 Å². The summed E-state index contributed by atoms with van der Waals surface area (Å²) in [6.07, 6.45) is 5.94. The van der Waals surface area contributed by atoms with E-state index in [2.05, 4.69) is 30.5 Å². The van der Waals surface area contributed by atoms with E-state index in [9.17, 15) is 14.4 Å². The van der Waals surface area contributed by atoms with Crippen LogP contribution in [0.15, 0.2) is 42.7 Å². The first kappa shape index (κ1) is 27.4. The van der Waals surface area contributed by atoms with E-state index >= 15 is 0 Å². The summed E-state index contributed by atoms with van der Waals surface area (Å²) >= 11 is 0. The van der Waals surface area contributed by atoms with Crippen LogP contribution < -0.4 is 10.6 Å². The number of fused-ring (bicyclic) bond motifs is 1. The van der Waals surface area contributed by atoms with Gasteiger partial charge in [-0.25, -0.2) is 19.7 Å². The molecule has 11 nitrogen and oxygen atoms in total. The molecule has 2 aromatic heterocycles.